The number of rotatable bonds is 0. The smallest absolute Gasteiger partial charge is 1.00 e. The van der Waals surface area contributed by atoms with Crippen LogP contribution in [0.1, 0.15) is 1.43 Å². The Bertz CT molecular complexity index is 286. The summed E-state index contributed by atoms with van der Waals surface area (Å²) in [6, 6.07) is 0. The van der Waals surface area contributed by atoms with Gasteiger partial charge in [0.1, 0.15) is 0 Å². The van der Waals surface area contributed by atoms with Crippen LogP contribution in [0.3, 0.4) is 0 Å². The first-order valence-electron chi connectivity index (χ1n) is 2.11. The number of hydrogen-bond donors (Lipinski definition) is 3. The third kappa shape index (κ3) is 2.90. The molecule has 0 amide bonds. The van der Waals surface area contributed by atoms with E-state index in [0.29, 0.717) is 14.3 Å². The number of H-pyrrole nitrogens is 3. The van der Waals surface area contributed by atoms with Gasteiger partial charge in [0, 0.05) is 0 Å². The summed E-state index contributed by atoms with van der Waals surface area (Å²) in [7, 11) is 0. The molecule has 0 bridgehead atoms. The monoisotopic (exact) mass is 185 g/mol. The van der Waals surface area contributed by atoms with E-state index >= 15 is 0 Å². The fraction of sp³-hybridized carbons (Fsp3) is 0. The molecule has 0 saturated heterocycles. The summed E-state index contributed by atoms with van der Waals surface area (Å²) in [6.45, 7) is 0. The van der Waals surface area contributed by atoms with E-state index in [9.17, 15) is 0 Å². The first-order chi connectivity index (χ1) is 4.18. The van der Waals surface area contributed by atoms with Crippen LogP contribution in [0.2, 0.25) is 0 Å². The van der Waals surface area contributed by atoms with Gasteiger partial charge in [-0.1, -0.05) is 0 Å². The normalized spacial score (nSPS) is 8.40. The largest absolute Gasteiger partial charge is 1.00 e. The minimum atomic E-state index is 0. The quantitative estimate of drug-likeness (QED) is 0.358. The summed E-state index contributed by atoms with van der Waals surface area (Å²) >= 11 is 14.2. The summed E-state index contributed by atoms with van der Waals surface area (Å²) in [4.78, 5) is 7.99. The molecule has 3 nitrogen and oxygen atoms in total. The second kappa shape index (κ2) is 4.21. The van der Waals surface area contributed by atoms with Crippen LogP contribution in [0.5, 0.6) is 0 Å². The molecule has 0 atom stereocenters. The van der Waals surface area contributed by atoms with Crippen molar-refractivity contribution in [2.24, 2.45) is 0 Å². The van der Waals surface area contributed by atoms with Crippen LogP contribution in [0, 0.1) is 14.3 Å². The van der Waals surface area contributed by atoms with Crippen molar-refractivity contribution in [3.63, 3.8) is 0 Å². The van der Waals surface area contributed by atoms with E-state index in [1.165, 1.54) is 0 Å². The molecule has 0 aliphatic rings. The van der Waals surface area contributed by atoms with Crippen molar-refractivity contribution in [1.29, 1.82) is 0 Å². The van der Waals surface area contributed by atoms with E-state index in [1.807, 2.05) is 0 Å². The van der Waals surface area contributed by atoms with E-state index in [0.717, 1.165) is 0 Å². The van der Waals surface area contributed by atoms with Gasteiger partial charge in [-0.25, -0.2) is 0 Å². The Labute approximate surface area is 85.9 Å². The van der Waals surface area contributed by atoms with Crippen molar-refractivity contribution in [3.8, 4) is 0 Å². The predicted molar refractivity (Wildman–Crippen MR) is 43.1 cm³/mol. The number of hydrogen-bond acceptors (Lipinski definition) is 3. The zero-order valence-electron chi connectivity index (χ0n) is 6.22. The Kier molecular flexibility index (Phi) is 4.32. The number of aromatic nitrogens is 3. The SMILES string of the molecule is S=c1[nH]c(=S)[nH]c(=S)[nH]1.[H-].[Li+]. The van der Waals surface area contributed by atoms with Crippen molar-refractivity contribution in [3.05, 3.63) is 14.3 Å². The number of aromatic amines is 3. The van der Waals surface area contributed by atoms with Gasteiger partial charge < -0.3 is 16.4 Å². The molecule has 0 aromatic carbocycles. The first kappa shape index (κ1) is 10.3. The summed E-state index contributed by atoms with van der Waals surface area (Å²) in [5.74, 6) is 0. The third-order valence-electron chi connectivity index (χ3n) is 0.681. The van der Waals surface area contributed by atoms with Crippen LogP contribution in [-0.4, -0.2) is 15.0 Å². The molecule has 0 aliphatic carbocycles. The molecule has 10 heavy (non-hydrogen) atoms. The summed E-state index contributed by atoms with van der Waals surface area (Å²) in [5, 5.41) is 0. The van der Waals surface area contributed by atoms with Gasteiger partial charge in [0.2, 0.25) is 0 Å². The van der Waals surface area contributed by atoms with Gasteiger partial charge in [0.05, 0.1) is 0 Å². The molecule has 1 aromatic rings. The molecule has 1 aromatic heterocycles. The van der Waals surface area contributed by atoms with Crippen LogP contribution < -0.4 is 18.9 Å². The van der Waals surface area contributed by atoms with E-state index in [1.54, 1.807) is 0 Å². The van der Waals surface area contributed by atoms with Gasteiger partial charge in [-0.05, 0) is 36.7 Å². The van der Waals surface area contributed by atoms with Crippen LogP contribution in [0.15, 0.2) is 0 Å². The molecule has 0 aliphatic heterocycles. The van der Waals surface area contributed by atoms with E-state index in [-0.39, 0.29) is 20.3 Å². The fourth-order valence-electron chi connectivity index (χ4n) is 0.403. The van der Waals surface area contributed by atoms with Crippen molar-refractivity contribution in [1.82, 2.24) is 15.0 Å². The van der Waals surface area contributed by atoms with Gasteiger partial charge in [0.15, 0.2) is 14.3 Å². The van der Waals surface area contributed by atoms with Gasteiger partial charge in [-0.15, -0.1) is 0 Å². The molecular formula is C3H4LiN3S3. The van der Waals surface area contributed by atoms with Crippen LogP contribution in [0.4, 0.5) is 0 Å². The standard InChI is InChI=1S/C3H3N3S3.Li.H/c7-1-4-2(8)6-3(9)5-1;;/h(H3,4,5,6,7,8,9);;/q;+1;-1. The molecule has 0 saturated carbocycles. The molecule has 1 heterocycles. The maximum Gasteiger partial charge on any atom is 1.00 e. The Hall–Kier alpha value is 0.267. The van der Waals surface area contributed by atoms with E-state index in [4.69, 9.17) is 36.7 Å². The Morgan fingerprint density at radius 2 is 1.00 bits per heavy atom. The second-order valence-electron chi connectivity index (χ2n) is 1.36. The maximum atomic E-state index is 4.72. The van der Waals surface area contributed by atoms with Gasteiger partial charge in [0.25, 0.3) is 0 Å². The summed E-state index contributed by atoms with van der Waals surface area (Å²) in [6.07, 6.45) is 0. The number of nitrogens with one attached hydrogen (secondary N) is 3. The van der Waals surface area contributed by atoms with Crippen molar-refractivity contribution in [2.45, 2.75) is 0 Å². The Balaban J connectivity index is 0. The summed E-state index contributed by atoms with van der Waals surface area (Å²) in [5.41, 5.74) is 0. The zero-order chi connectivity index (χ0) is 6.85. The topological polar surface area (TPSA) is 47.4 Å². The second-order valence-corrected chi connectivity index (χ2v) is 2.59. The molecule has 0 fully saturated rings. The average molecular weight is 185 g/mol. The average Bonchev–Trinajstić information content (AvgIpc) is 1.59. The molecule has 7 heteroatoms. The van der Waals surface area contributed by atoms with Gasteiger partial charge in [-0.3, -0.25) is 0 Å². The zero-order valence-corrected chi connectivity index (χ0v) is 7.67. The minimum absolute atomic E-state index is 0. The molecule has 0 spiro atoms. The summed E-state index contributed by atoms with van der Waals surface area (Å²) < 4.78 is 1.34. The molecule has 0 unspecified atom stereocenters. The third-order valence-corrected chi connectivity index (χ3v) is 1.29. The molecule has 3 N–H and O–H groups in total. The van der Waals surface area contributed by atoms with Gasteiger partial charge >= 0.3 is 18.9 Å². The molecule has 50 valence electrons. The maximum absolute atomic E-state index is 4.72. The van der Waals surface area contributed by atoms with Crippen molar-refractivity contribution in [2.75, 3.05) is 0 Å². The Morgan fingerprint density at radius 3 is 1.20 bits per heavy atom. The molecular weight excluding hydrogens is 181 g/mol. The van der Waals surface area contributed by atoms with Crippen LogP contribution in [-0.2, 0) is 0 Å². The minimum Gasteiger partial charge on any atom is -1.00 e. The van der Waals surface area contributed by atoms with Gasteiger partial charge in [-0.2, -0.15) is 0 Å². The molecule has 0 radical (unpaired) electrons. The van der Waals surface area contributed by atoms with E-state index in [2.05, 4.69) is 15.0 Å². The predicted octanol–water partition coefficient (Wildman–Crippen LogP) is -1.02. The Morgan fingerprint density at radius 1 is 0.800 bits per heavy atom. The first-order valence-corrected chi connectivity index (χ1v) is 3.34. The van der Waals surface area contributed by atoms with Crippen LogP contribution >= 0.6 is 36.7 Å². The van der Waals surface area contributed by atoms with E-state index < -0.39 is 0 Å². The van der Waals surface area contributed by atoms with Crippen molar-refractivity contribution < 1.29 is 20.3 Å². The fourth-order valence-corrected chi connectivity index (χ4v) is 1.21. The van der Waals surface area contributed by atoms with Crippen molar-refractivity contribution >= 4 is 36.7 Å². The van der Waals surface area contributed by atoms with Crippen LogP contribution in [0.25, 0.3) is 0 Å². The molecule has 1 rings (SSSR count).